The first kappa shape index (κ1) is 44.8. The van der Waals surface area contributed by atoms with Crippen LogP contribution in [-0.4, -0.2) is 138 Å². The van der Waals surface area contributed by atoms with Gasteiger partial charge < -0.3 is 30.7 Å². The Balaban J connectivity index is 7.38. The van der Waals surface area contributed by atoms with Crippen LogP contribution in [0.5, 0.6) is 0 Å². The van der Waals surface area contributed by atoms with Gasteiger partial charge in [0.1, 0.15) is 0 Å². The average molecular weight is 829 g/mol. The standard InChI is InChI=1S/C21H71O7Si14/c1-36(2,3)30-22-19(23-31-37(4,5)6)42(28-29,20(24-32-38(7,8)9)25-33-39(10,11)12)21(26-34-40(13,14)15)27-35-41(16,17)18/h19-21H,29-35H2,1-18H3. The first-order valence-electron chi connectivity index (χ1n) is 15.6. The maximum atomic E-state index is 7.11. The van der Waals surface area contributed by atoms with Crippen molar-refractivity contribution in [3.63, 3.8) is 0 Å². The van der Waals surface area contributed by atoms with Crippen molar-refractivity contribution in [3.8, 4) is 0 Å². The van der Waals surface area contributed by atoms with Crippen molar-refractivity contribution < 1.29 is 30.7 Å². The summed E-state index contributed by atoms with van der Waals surface area (Å²) in [7, 11) is -15.0. The molecule has 0 heterocycles. The fourth-order valence-corrected chi connectivity index (χ4v) is 33.3. The third kappa shape index (κ3) is 20.9. The molecule has 0 aromatic rings. The van der Waals surface area contributed by atoms with E-state index in [1.165, 1.54) is 0 Å². The summed E-state index contributed by atoms with van der Waals surface area (Å²) < 4.78 is 49.6. The van der Waals surface area contributed by atoms with Gasteiger partial charge in [-0.2, -0.15) is 0 Å². The molecule has 0 N–H and O–H groups in total. The molecular weight excluding hydrogens is 757 g/mol. The van der Waals surface area contributed by atoms with Gasteiger partial charge in [0.2, 0.25) is 0 Å². The van der Waals surface area contributed by atoms with Crippen molar-refractivity contribution in [2.75, 3.05) is 0 Å². The quantitative estimate of drug-likeness (QED) is 0.118. The average Bonchev–Trinajstić information content (AvgIpc) is 2.73. The maximum absolute atomic E-state index is 7.11. The molecule has 0 spiro atoms. The molecule has 0 saturated heterocycles. The molecule has 0 aliphatic carbocycles. The molecule has 0 aliphatic rings. The molecule has 0 saturated carbocycles. The van der Waals surface area contributed by atoms with Gasteiger partial charge in [-0.05, 0) is 0 Å². The zero-order valence-corrected chi connectivity index (χ0v) is 47.9. The predicted octanol–water partition coefficient (Wildman–Crippen LogP) is 0.704. The molecule has 0 aromatic heterocycles. The fraction of sp³-hybridized carbons (Fsp3) is 1.00. The molecule has 0 fully saturated rings. The summed E-state index contributed by atoms with van der Waals surface area (Å²) >= 11 is 0. The molecule has 1 radical (unpaired) electrons. The Kier molecular flexibility index (Phi) is 19.1. The minimum Gasteiger partial charge on any atom is -0.452 e. The van der Waals surface area contributed by atoms with Crippen molar-refractivity contribution in [1.29, 1.82) is 0 Å². The summed E-state index contributed by atoms with van der Waals surface area (Å²) in [6.45, 7) is 43.6. The van der Waals surface area contributed by atoms with E-state index in [0.29, 0.717) is 0 Å². The van der Waals surface area contributed by atoms with Crippen molar-refractivity contribution in [1.82, 2.24) is 0 Å². The molecule has 0 unspecified atom stereocenters. The van der Waals surface area contributed by atoms with Gasteiger partial charge in [-0.15, -0.1) is 0 Å². The first-order valence-corrected chi connectivity index (χ1v) is 56.8. The molecule has 0 atom stereocenters. The molecule has 0 aliphatic heterocycles. The van der Waals surface area contributed by atoms with Crippen LogP contribution in [0.4, 0.5) is 0 Å². The van der Waals surface area contributed by atoms with E-state index >= 15 is 0 Å². The first-order chi connectivity index (χ1) is 18.5. The predicted molar refractivity (Wildman–Crippen MR) is 225 cm³/mol. The SMILES string of the molecule is C[Si](C)(C)[SiH2]OC(O[SiH2][Si](C)(C)C)[Si](O[SiH2])(C(O[SiH2][Si](C)(C)C)O[SiH2][Si](C)(C)C)C(O[SiH2][Si](C)(C)C)O[SiH2][Si](C)(C)C. The molecule has 0 aromatic carbocycles. The van der Waals surface area contributed by atoms with Gasteiger partial charge in [-0.1, -0.05) is 118 Å². The van der Waals surface area contributed by atoms with Crippen molar-refractivity contribution >= 4 is 120 Å². The van der Waals surface area contributed by atoms with Gasteiger partial charge in [0.05, 0.1) is 45.5 Å². The van der Waals surface area contributed by atoms with E-state index in [-0.39, 0.29) is 0 Å². The van der Waals surface area contributed by atoms with E-state index in [9.17, 15) is 0 Å². The highest BCUT2D eigenvalue weighted by atomic mass is 29.2. The second-order valence-electron chi connectivity index (χ2n) is 19.2. The second-order valence-corrected chi connectivity index (χ2v) is 101. The third-order valence-electron chi connectivity index (χ3n) is 5.36. The zero-order chi connectivity index (χ0) is 33.4. The highest BCUT2D eigenvalue weighted by Gasteiger charge is 2.61. The van der Waals surface area contributed by atoms with E-state index in [4.69, 9.17) is 30.7 Å². The van der Waals surface area contributed by atoms with Crippen LogP contribution in [0.15, 0.2) is 0 Å². The largest absolute Gasteiger partial charge is 0.452 e. The van der Waals surface area contributed by atoms with Gasteiger partial charge in [0, 0.05) is 0 Å². The summed E-state index contributed by atoms with van der Waals surface area (Å²) in [4.78, 5) is 0. The van der Waals surface area contributed by atoms with E-state index in [1.807, 2.05) is 0 Å². The molecule has 0 bridgehead atoms. The van der Waals surface area contributed by atoms with Crippen LogP contribution in [0.1, 0.15) is 0 Å². The summed E-state index contributed by atoms with van der Waals surface area (Å²) in [6.07, 6.45) is 0. The van der Waals surface area contributed by atoms with E-state index in [1.54, 1.807) is 10.5 Å². The van der Waals surface area contributed by atoms with Crippen LogP contribution in [0, 0.1) is 0 Å². The van der Waals surface area contributed by atoms with Crippen LogP contribution in [-0.2, 0) is 30.7 Å². The van der Waals surface area contributed by atoms with E-state index in [0.717, 1.165) is 0 Å². The third-order valence-corrected chi connectivity index (χ3v) is 39.2. The van der Waals surface area contributed by atoms with Crippen molar-refractivity contribution in [2.45, 2.75) is 136 Å². The molecular formula is C21H71O7Si14. The maximum Gasteiger partial charge on any atom is 0.353 e. The molecule has 253 valence electrons. The Morgan fingerprint density at radius 3 is 0.571 bits per heavy atom. The van der Waals surface area contributed by atoms with Crippen molar-refractivity contribution in [3.05, 3.63) is 0 Å². The minimum atomic E-state index is -3.24. The number of hydrogen-bond acceptors (Lipinski definition) is 7. The topological polar surface area (TPSA) is 64.6 Å². The lowest BCUT2D eigenvalue weighted by atomic mass is 11.4. The minimum absolute atomic E-state index is 0.431. The molecule has 0 amide bonds. The van der Waals surface area contributed by atoms with Crippen LogP contribution in [0.2, 0.25) is 118 Å². The van der Waals surface area contributed by atoms with Crippen LogP contribution in [0.25, 0.3) is 0 Å². The normalized spacial score (nSPS) is 19.8. The number of rotatable bonds is 22. The lowest BCUT2D eigenvalue weighted by Crippen LogP contribution is -2.74. The second kappa shape index (κ2) is 17.9. The Hall–Kier alpha value is 2.76. The smallest absolute Gasteiger partial charge is 0.353 e. The lowest BCUT2D eigenvalue weighted by molar-refractivity contribution is -0.0320. The van der Waals surface area contributed by atoms with Crippen molar-refractivity contribution in [2.24, 2.45) is 0 Å². The van der Waals surface area contributed by atoms with E-state index in [2.05, 4.69) is 118 Å². The van der Waals surface area contributed by atoms with Crippen LogP contribution < -0.4 is 0 Å². The Morgan fingerprint density at radius 2 is 0.476 bits per heavy atom. The van der Waals surface area contributed by atoms with Gasteiger partial charge in [0.15, 0.2) is 83.9 Å². The highest BCUT2D eigenvalue weighted by molar-refractivity contribution is 7.23. The van der Waals surface area contributed by atoms with Crippen LogP contribution in [0.3, 0.4) is 0 Å². The zero-order valence-electron chi connectivity index (χ0n) is 31.0. The van der Waals surface area contributed by atoms with Gasteiger partial charge in [0.25, 0.3) is 0 Å². The summed E-state index contributed by atoms with van der Waals surface area (Å²) in [5.41, 5.74) is 0. The summed E-state index contributed by atoms with van der Waals surface area (Å²) in [6, 6.07) is 0. The highest BCUT2D eigenvalue weighted by Crippen LogP contribution is 2.31. The monoisotopic (exact) mass is 827 g/mol. The lowest BCUT2D eigenvalue weighted by Gasteiger charge is -2.48. The Morgan fingerprint density at radius 1 is 0.333 bits per heavy atom. The van der Waals surface area contributed by atoms with Gasteiger partial charge in [-0.3, -0.25) is 0 Å². The molecule has 0 rings (SSSR count). The Labute approximate surface area is 284 Å². The number of hydrogen-bond donors (Lipinski definition) is 0. The fourth-order valence-electron chi connectivity index (χ4n) is 3.42. The molecule has 42 heavy (non-hydrogen) atoms. The Bertz CT molecular complexity index is 618. The van der Waals surface area contributed by atoms with E-state index < -0.39 is 127 Å². The molecule has 7 nitrogen and oxygen atoms in total. The summed E-state index contributed by atoms with van der Waals surface area (Å²) in [5.74, 6) is -1.29. The van der Waals surface area contributed by atoms with Crippen LogP contribution >= 0.6 is 0 Å². The van der Waals surface area contributed by atoms with Gasteiger partial charge in [-0.25, -0.2) is 0 Å². The van der Waals surface area contributed by atoms with Gasteiger partial charge >= 0.3 is 8.32 Å². The summed E-state index contributed by atoms with van der Waals surface area (Å²) in [5, 5.41) is 0. The molecule has 21 heteroatoms.